The van der Waals surface area contributed by atoms with Crippen molar-refractivity contribution in [3.05, 3.63) is 17.3 Å². The average Bonchev–Trinajstić information content (AvgIpc) is 2.92. The normalized spacial score (nSPS) is 13.1. The van der Waals surface area contributed by atoms with Crippen molar-refractivity contribution < 1.29 is 9.47 Å². The van der Waals surface area contributed by atoms with Gasteiger partial charge in [-0.05, 0) is 18.4 Å². The van der Waals surface area contributed by atoms with E-state index in [4.69, 9.17) is 15.2 Å². The Morgan fingerprint density at radius 1 is 1.33 bits per heavy atom. The number of ether oxygens (including phenoxy) is 2. The summed E-state index contributed by atoms with van der Waals surface area (Å²) in [5.41, 5.74) is 6.00. The summed E-state index contributed by atoms with van der Waals surface area (Å²) < 4.78 is 10.4. The van der Waals surface area contributed by atoms with Crippen molar-refractivity contribution in [2.45, 2.75) is 19.5 Å². The fourth-order valence-corrected chi connectivity index (χ4v) is 2.98. The van der Waals surface area contributed by atoms with Crippen LogP contribution in [-0.2, 0) is 16.0 Å². The summed E-state index contributed by atoms with van der Waals surface area (Å²) in [5, 5.41) is 2.91. The van der Waals surface area contributed by atoms with Crippen molar-refractivity contribution in [1.29, 1.82) is 0 Å². The van der Waals surface area contributed by atoms with Gasteiger partial charge in [-0.15, -0.1) is 11.3 Å². The van der Waals surface area contributed by atoms with E-state index in [1.807, 2.05) is 11.4 Å². The molecule has 0 aromatic carbocycles. The van der Waals surface area contributed by atoms with Crippen LogP contribution in [0.2, 0.25) is 0 Å². The number of methoxy groups -OCH3 is 2. The number of nitrogens with zero attached hydrogens (tertiary/aromatic N) is 3. The fraction of sp³-hybridized carbons (Fsp3) is 0.571. The van der Waals surface area contributed by atoms with Crippen LogP contribution in [0, 0.1) is 0 Å². The van der Waals surface area contributed by atoms with Crippen molar-refractivity contribution in [3.8, 4) is 0 Å². The molecule has 116 valence electrons. The number of hydrogen-bond acceptors (Lipinski definition) is 7. The largest absolute Gasteiger partial charge is 0.383 e. The van der Waals surface area contributed by atoms with Gasteiger partial charge in [0.25, 0.3) is 0 Å². The molecule has 6 nitrogen and oxygen atoms in total. The van der Waals surface area contributed by atoms with Crippen LogP contribution in [0.25, 0.3) is 10.2 Å². The highest BCUT2D eigenvalue weighted by Crippen LogP contribution is 2.23. The molecule has 2 rings (SSSR count). The lowest BCUT2D eigenvalue weighted by Gasteiger charge is -2.27. The molecule has 0 fully saturated rings. The maximum absolute atomic E-state index is 6.00. The van der Waals surface area contributed by atoms with Gasteiger partial charge >= 0.3 is 0 Å². The Balaban J connectivity index is 2.16. The van der Waals surface area contributed by atoms with Crippen molar-refractivity contribution >= 4 is 27.4 Å². The van der Waals surface area contributed by atoms with Crippen LogP contribution in [0.4, 0.5) is 5.82 Å². The number of thiophene rings is 1. The quantitative estimate of drug-likeness (QED) is 0.801. The molecule has 0 spiro atoms. The van der Waals surface area contributed by atoms with E-state index in [1.54, 1.807) is 25.6 Å². The Hall–Kier alpha value is -1.28. The van der Waals surface area contributed by atoms with E-state index in [0.717, 1.165) is 22.6 Å². The Kier molecular flexibility index (Phi) is 5.86. The van der Waals surface area contributed by atoms with Crippen molar-refractivity contribution in [1.82, 2.24) is 14.9 Å². The number of nitrogen functional groups attached to an aromatic ring is 1. The van der Waals surface area contributed by atoms with E-state index in [2.05, 4.69) is 21.8 Å². The second kappa shape index (κ2) is 7.65. The molecule has 2 heterocycles. The van der Waals surface area contributed by atoms with Crippen LogP contribution in [-0.4, -0.2) is 54.9 Å². The first-order valence-corrected chi connectivity index (χ1v) is 7.75. The van der Waals surface area contributed by atoms with Gasteiger partial charge in [0.15, 0.2) is 0 Å². The monoisotopic (exact) mass is 310 g/mol. The van der Waals surface area contributed by atoms with Gasteiger partial charge in [0, 0.05) is 26.8 Å². The minimum atomic E-state index is 0.258. The molecule has 0 aliphatic heterocycles. The van der Waals surface area contributed by atoms with Crippen LogP contribution < -0.4 is 5.73 Å². The molecule has 0 aliphatic carbocycles. The third-order valence-electron chi connectivity index (χ3n) is 3.36. The molecule has 0 saturated carbocycles. The number of aromatic nitrogens is 2. The summed E-state index contributed by atoms with van der Waals surface area (Å²) in [4.78, 5) is 12.2. The number of anilines is 1. The zero-order valence-electron chi connectivity index (χ0n) is 12.7. The number of rotatable bonds is 8. The highest BCUT2D eigenvalue weighted by Gasteiger charge is 2.16. The van der Waals surface area contributed by atoms with Crippen LogP contribution in [0.3, 0.4) is 0 Å². The number of nitrogens with two attached hydrogens (primary N) is 1. The first-order chi connectivity index (χ1) is 10.2. The third-order valence-corrected chi connectivity index (χ3v) is 4.17. The summed E-state index contributed by atoms with van der Waals surface area (Å²) in [6.07, 6.45) is 0. The molecule has 0 saturated heterocycles. The second-order valence-corrected chi connectivity index (χ2v) is 5.83. The van der Waals surface area contributed by atoms with Crippen LogP contribution in [0.1, 0.15) is 12.7 Å². The molecule has 0 radical (unpaired) electrons. The smallest absolute Gasteiger partial charge is 0.146 e. The van der Waals surface area contributed by atoms with Gasteiger partial charge in [0.2, 0.25) is 0 Å². The molecule has 0 amide bonds. The molecule has 1 unspecified atom stereocenters. The lowest BCUT2D eigenvalue weighted by Crippen LogP contribution is -2.38. The summed E-state index contributed by atoms with van der Waals surface area (Å²) >= 11 is 1.58. The van der Waals surface area contributed by atoms with Crippen LogP contribution >= 0.6 is 11.3 Å². The predicted octanol–water partition coefficient (Wildman–Crippen LogP) is 1.76. The Bertz CT molecular complexity index is 575. The van der Waals surface area contributed by atoms with Gasteiger partial charge in [-0.3, -0.25) is 4.90 Å². The fourth-order valence-electron chi connectivity index (χ4n) is 2.19. The average molecular weight is 310 g/mol. The second-order valence-electron chi connectivity index (χ2n) is 4.93. The Morgan fingerprint density at radius 2 is 2.14 bits per heavy atom. The van der Waals surface area contributed by atoms with E-state index in [9.17, 15) is 0 Å². The van der Waals surface area contributed by atoms with Crippen molar-refractivity contribution in [2.24, 2.45) is 0 Å². The molecule has 0 aliphatic rings. The number of hydrogen-bond donors (Lipinski definition) is 1. The van der Waals surface area contributed by atoms with E-state index < -0.39 is 0 Å². The lowest BCUT2D eigenvalue weighted by molar-refractivity contribution is 0.0690. The maximum Gasteiger partial charge on any atom is 0.146 e. The summed E-state index contributed by atoms with van der Waals surface area (Å²) in [6.45, 7) is 4.86. The molecule has 2 N–H and O–H groups in total. The van der Waals surface area contributed by atoms with E-state index >= 15 is 0 Å². The highest BCUT2D eigenvalue weighted by molar-refractivity contribution is 7.16. The molecule has 7 heteroatoms. The Labute approximate surface area is 128 Å². The maximum atomic E-state index is 6.00. The molecule has 0 bridgehead atoms. The van der Waals surface area contributed by atoms with Gasteiger partial charge in [0.1, 0.15) is 16.5 Å². The predicted molar refractivity (Wildman–Crippen MR) is 85.5 cm³/mol. The molecule has 21 heavy (non-hydrogen) atoms. The topological polar surface area (TPSA) is 73.5 Å². The lowest BCUT2D eigenvalue weighted by atomic mass is 10.3. The first-order valence-electron chi connectivity index (χ1n) is 6.87. The highest BCUT2D eigenvalue weighted by atomic mass is 32.1. The summed E-state index contributed by atoms with van der Waals surface area (Å²) in [5.74, 6) is 1.28. The van der Waals surface area contributed by atoms with Crippen molar-refractivity contribution in [3.63, 3.8) is 0 Å². The zero-order chi connectivity index (χ0) is 15.2. The van der Waals surface area contributed by atoms with Crippen molar-refractivity contribution in [2.75, 3.05) is 39.7 Å². The van der Waals surface area contributed by atoms with Gasteiger partial charge in [-0.25, -0.2) is 9.97 Å². The van der Waals surface area contributed by atoms with Crippen LogP contribution in [0.5, 0.6) is 0 Å². The molecule has 1 atom stereocenters. The number of fused-ring (bicyclic) bond motifs is 1. The van der Waals surface area contributed by atoms with Gasteiger partial charge < -0.3 is 15.2 Å². The minimum absolute atomic E-state index is 0.258. The minimum Gasteiger partial charge on any atom is -0.383 e. The van der Waals surface area contributed by atoms with E-state index in [0.29, 0.717) is 25.6 Å². The Morgan fingerprint density at radius 3 is 2.86 bits per heavy atom. The summed E-state index contributed by atoms with van der Waals surface area (Å²) in [6, 6.07) is 2.21. The molecular formula is C14H22N4O2S. The summed E-state index contributed by atoms with van der Waals surface area (Å²) in [7, 11) is 3.41. The van der Waals surface area contributed by atoms with Gasteiger partial charge in [-0.1, -0.05) is 0 Å². The van der Waals surface area contributed by atoms with E-state index in [1.165, 1.54) is 0 Å². The van der Waals surface area contributed by atoms with Crippen LogP contribution in [0.15, 0.2) is 11.4 Å². The zero-order valence-corrected chi connectivity index (χ0v) is 13.5. The molecule has 2 aromatic heterocycles. The first kappa shape index (κ1) is 16.1. The molecule has 2 aromatic rings. The standard InChI is InChI=1S/C14H22N4O2S/c1-10(9-20-3)18(5-6-19-2)8-12-16-13(15)11-4-7-21-14(11)17-12/h4,7,10H,5-6,8-9H2,1-3H3,(H2,15,16,17). The van der Waals surface area contributed by atoms with E-state index in [-0.39, 0.29) is 6.04 Å². The molecular weight excluding hydrogens is 288 g/mol. The van der Waals surface area contributed by atoms with Gasteiger partial charge in [0.05, 0.1) is 25.1 Å². The third kappa shape index (κ3) is 4.10. The SMILES string of the molecule is COCCN(Cc1nc(N)c2ccsc2n1)C(C)COC. The van der Waals surface area contributed by atoms with Gasteiger partial charge in [-0.2, -0.15) is 0 Å².